The first-order chi connectivity index (χ1) is 8.56. The van der Waals surface area contributed by atoms with Gasteiger partial charge in [0.2, 0.25) is 0 Å². The zero-order chi connectivity index (χ0) is 13.1. The van der Waals surface area contributed by atoms with Crippen LogP contribution in [0.15, 0.2) is 45.5 Å². The summed E-state index contributed by atoms with van der Waals surface area (Å²) in [5, 5.41) is 10.2. The summed E-state index contributed by atoms with van der Waals surface area (Å²) < 4.78 is 5.99. The fourth-order valence-electron chi connectivity index (χ4n) is 1.56. The van der Waals surface area contributed by atoms with Gasteiger partial charge in [0.25, 0.3) is 5.69 Å². The molecular weight excluding hydrogens is 321 g/mol. The Hall–Kier alpha value is -1.33. The van der Waals surface area contributed by atoms with Gasteiger partial charge in [-0.15, -0.1) is 11.6 Å². The quantitative estimate of drug-likeness (QED) is 0.472. The number of benzene rings is 1. The molecular formula is C12H9BrClNO3. The molecule has 0 N–H and O–H groups in total. The Morgan fingerprint density at radius 2 is 1.94 bits per heavy atom. The first-order valence-electron chi connectivity index (χ1n) is 5.19. The molecule has 1 atom stereocenters. The molecule has 0 radical (unpaired) electrons. The number of hydrogen-bond donors (Lipinski definition) is 0. The van der Waals surface area contributed by atoms with Crippen LogP contribution in [0.5, 0.6) is 0 Å². The van der Waals surface area contributed by atoms with E-state index in [4.69, 9.17) is 16.0 Å². The average molecular weight is 331 g/mol. The highest BCUT2D eigenvalue weighted by Crippen LogP contribution is 2.28. The Bertz CT molecular complexity index is 553. The smallest absolute Gasteiger partial charge is 0.269 e. The van der Waals surface area contributed by atoms with Gasteiger partial charge in [-0.25, -0.2) is 0 Å². The van der Waals surface area contributed by atoms with Crippen LogP contribution in [0.3, 0.4) is 0 Å². The van der Waals surface area contributed by atoms with E-state index in [9.17, 15) is 10.1 Å². The molecule has 6 heteroatoms. The third kappa shape index (κ3) is 3.11. The molecule has 1 aromatic heterocycles. The highest BCUT2D eigenvalue weighted by molar-refractivity contribution is 9.10. The molecule has 0 saturated heterocycles. The Morgan fingerprint density at radius 3 is 2.44 bits per heavy atom. The Balaban J connectivity index is 2.07. The standard InChI is InChI=1S/C12H9BrClNO3/c13-12-6-5-11(18-12)10(14)7-8-1-3-9(4-2-8)15(16)17/h1-6,10H,7H2. The molecule has 1 heterocycles. The second-order valence-electron chi connectivity index (χ2n) is 3.74. The van der Waals surface area contributed by atoms with Crippen molar-refractivity contribution in [2.45, 2.75) is 11.8 Å². The van der Waals surface area contributed by atoms with Crippen molar-refractivity contribution < 1.29 is 9.34 Å². The third-order valence-electron chi connectivity index (χ3n) is 2.46. The van der Waals surface area contributed by atoms with Gasteiger partial charge in [-0.1, -0.05) is 12.1 Å². The van der Waals surface area contributed by atoms with E-state index in [2.05, 4.69) is 15.9 Å². The number of nitro benzene ring substituents is 1. The average Bonchev–Trinajstić information content (AvgIpc) is 2.76. The van der Waals surface area contributed by atoms with Crippen molar-refractivity contribution >= 4 is 33.2 Å². The third-order valence-corrected chi connectivity index (χ3v) is 3.26. The van der Waals surface area contributed by atoms with Gasteiger partial charge >= 0.3 is 0 Å². The molecule has 1 aromatic carbocycles. The SMILES string of the molecule is O=[N+]([O-])c1ccc(CC(Cl)c2ccc(Br)o2)cc1. The van der Waals surface area contributed by atoms with Gasteiger partial charge in [-0.2, -0.15) is 0 Å². The molecule has 0 fully saturated rings. The normalized spacial score (nSPS) is 12.3. The molecule has 0 aliphatic carbocycles. The van der Waals surface area contributed by atoms with Crippen LogP contribution in [-0.2, 0) is 6.42 Å². The minimum absolute atomic E-state index is 0.0746. The van der Waals surface area contributed by atoms with Crippen molar-refractivity contribution in [2.75, 3.05) is 0 Å². The fourth-order valence-corrected chi connectivity index (χ4v) is 2.17. The second-order valence-corrected chi connectivity index (χ2v) is 5.05. The van der Waals surface area contributed by atoms with E-state index in [-0.39, 0.29) is 11.1 Å². The molecule has 0 spiro atoms. The van der Waals surface area contributed by atoms with Gasteiger partial charge in [-0.3, -0.25) is 10.1 Å². The fraction of sp³-hybridized carbons (Fsp3) is 0.167. The summed E-state index contributed by atoms with van der Waals surface area (Å²) in [7, 11) is 0. The van der Waals surface area contributed by atoms with Crippen LogP contribution in [0, 0.1) is 10.1 Å². The van der Waals surface area contributed by atoms with Crippen molar-refractivity contribution in [1.29, 1.82) is 0 Å². The number of halogens is 2. The van der Waals surface area contributed by atoms with E-state index >= 15 is 0 Å². The predicted molar refractivity (Wildman–Crippen MR) is 71.8 cm³/mol. The van der Waals surface area contributed by atoms with Crippen LogP contribution in [-0.4, -0.2) is 4.92 Å². The summed E-state index contributed by atoms with van der Waals surface area (Å²) in [6.07, 6.45) is 0.555. The van der Waals surface area contributed by atoms with E-state index in [1.807, 2.05) is 0 Å². The van der Waals surface area contributed by atoms with Gasteiger partial charge < -0.3 is 4.42 Å². The topological polar surface area (TPSA) is 56.3 Å². The lowest BCUT2D eigenvalue weighted by Gasteiger charge is -2.06. The van der Waals surface area contributed by atoms with Crippen molar-refractivity contribution in [3.8, 4) is 0 Å². The number of furan rings is 1. The maximum Gasteiger partial charge on any atom is 0.269 e. The van der Waals surface area contributed by atoms with Crippen molar-refractivity contribution in [3.05, 3.63) is 62.5 Å². The second kappa shape index (κ2) is 5.54. The maximum absolute atomic E-state index is 10.5. The molecule has 0 aliphatic rings. The molecule has 2 aromatic rings. The van der Waals surface area contributed by atoms with Gasteiger partial charge in [-0.05, 0) is 40.0 Å². The Morgan fingerprint density at radius 1 is 1.28 bits per heavy atom. The molecule has 18 heavy (non-hydrogen) atoms. The highest BCUT2D eigenvalue weighted by atomic mass is 79.9. The predicted octanol–water partition coefficient (Wildman–Crippen LogP) is 4.47. The van der Waals surface area contributed by atoms with Crippen LogP contribution in [0.4, 0.5) is 5.69 Å². The van der Waals surface area contributed by atoms with E-state index in [1.54, 1.807) is 24.3 Å². The molecule has 0 saturated carbocycles. The van der Waals surface area contributed by atoms with E-state index < -0.39 is 4.92 Å². The molecule has 0 bridgehead atoms. The summed E-state index contributed by atoms with van der Waals surface area (Å²) >= 11 is 9.42. The van der Waals surface area contributed by atoms with E-state index in [1.165, 1.54) is 12.1 Å². The zero-order valence-corrected chi connectivity index (χ0v) is 11.5. The number of non-ortho nitro benzene ring substituents is 1. The van der Waals surface area contributed by atoms with Crippen LogP contribution in [0.1, 0.15) is 16.7 Å². The monoisotopic (exact) mass is 329 g/mol. The van der Waals surface area contributed by atoms with Gasteiger partial charge in [0.15, 0.2) is 4.67 Å². The molecule has 94 valence electrons. The largest absolute Gasteiger partial charge is 0.453 e. The number of nitrogens with zero attached hydrogens (tertiary/aromatic N) is 1. The summed E-state index contributed by atoms with van der Waals surface area (Å²) in [5.74, 6) is 0.668. The summed E-state index contributed by atoms with van der Waals surface area (Å²) in [4.78, 5) is 10.1. The van der Waals surface area contributed by atoms with Gasteiger partial charge in [0.05, 0.1) is 10.3 Å². The van der Waals surface area contributed by atoms with E-state index in [0.29, 0.717) is 16.9 Å². The molecule has 1 unspecified atom stereocenters. The summed E-state index contributed by atoms with van der Waals surface area (Å²) in [6.45, 7) is 0. The molecule has 0 aliphatic heterocycles. The summed E-state index contributed by atoms with van der Waals surface area (Å²) in [5.41, 5.74) is 0.999. The minimum atomic E-state index is -0.425. The zero-order valence-electron chi connectivity index (χ0n) is 9.18. The first-order valence-corrected chi connectivity index (χ1v) is 6.42. The van der Waals surface area contributed by atoms with Crippen molar-refractivity contribution in [2.24, 2.45) is 0 Å². The van der Waals surface area contributed by atoms with E-state index in [0.717, 1.165) is 5.56 Å². The lowest BCUT2D eigenvalue weighted by atomic mass is 10.1. The van der Waals surface area contributed by atoms with Crippen LogP contribution < -0.4 is 0 Å². The maximum atomic E-state index is 10.5. The lowest BCUT2D eigenvalue weighted by molar-refractivity contribution is -0.384. The van der Waals surface area contributed by atoms with Gasteiger partial charge in [0, 0.05) is 12.1 Å². The number of rotatable bonds is 4. The molecule has 2 rings (SSSR count). The molecule has 0 amide bonds. The Kier molecular flexibility index (Phi) is 4.04. The van der Waals surface area contributed by atoms with Crippen LogP contribution in [0.25, 0.3) is 0 Å². The number of nitro groups is 1. The summed E-state index contributed by atoms with van der Waals surface area (Å²) in [6, 6.07) is 9.92. The molecule has 4 nitrogen and oxygen atoms in total. The minimum Gasteiger partial charge on any atom is -0.453 e. The highest BCUT2D eigenvalue weighted by Gasteiger charge is 2.14. The number of hydrogen-bond acceptors (Lipinski definition) is 3. The van der Waals surface area contributed by atoms with Crippen LogP contribution in [0.2, 0.25) is 0 Å². The van der Waals surface area contributed by atoms with Crippen molar-refractivity contribution in [1.82, 2.24) is 0 Å². The van der Waals surface area contributed by atoms with Crippen LogP contribution >= 0.6 is 27.5 Å². The first kappa shape index (κ1) is 13.1. The van der Waals surface area contributed by atoms with Gasteiger partial charge in [0.1, 0.15) is 5.76 Å². The van der Waals surface area contributed by atoms with Crippen molar-refractivity contribution in [3.63, 3.8) is 0 Å². The Labute approximate surface area is 117 Å². The number of alkyl halides is 1. The lowest BCUT2D eigenvalue weighted by Crippen LogP contribution is -1.95.